The third kappa shape index (κ3) is 5.98. The summed E-state index contributed by atoms with van der Waals surface area (Å²) < 4.78 is 14.3. The number of nitrogens with zero attached hydrogens (tertiary/aromatic N) is 3. The van der Waals surface area contributed by atoms with E-state index in [2.05, 4.69) is 20.8 Å². The lowest BCUT2D eigenvalue weighted by molar-refractivity contribution is -0.134. The van der Waals surface area contributed by atoms with Crippen LogP contribution in [0.2, 0.25) is 0 Å². The summed E-state index contributed by atoms with van der Waals surface area (Å²) in [6, 6.07) is 5.75. The smallest absolute Gasteiger partial charge is 0.237 e. The number of hydrogen-bond acceptors (Lipinski definition) is 7. The SMILES string of the molecule is Cc1nnc(SCCNC(=O)C[C@H]2C(=O)NCCN2Cc2cccc(F)c2)s1. The topological polar surface area (TPSA) is 87.2 Å². The highest BCUT2D eigenvalue weighted by Gasteiger charge is 2.31. The molecule has 1 aromatic carbocycles. The van der Waals surface area contributed by atoms with Gasteiger partial charge in [0.25, 0.3) is 0 Å². The van der Waals surface area contributed by atoms with E-state index in [-0.39, 0.29) is 24.1 Å². The van der Waals surface area contributed by atoms with Gasteiger partial charge in [-0.3, -0.25) is 14.5 Å². The van der Waals surface area contributed by atoms with Crippen molar-refractivity contribution in [3.8, 4) is 0 Å². The van der Waals surface area contributed by atoms with Crippen LogP contribution in [0.5, 0.6) is 0 Å². The average Bonchev–Trinajstić information content (AvgIpc) is 3.07. The number of carbonyl (C=O) groups is 2. The minimum absolute atomic E-state index is 0.0731. The summed E-state index contributed by atoms with van der Waals surface area (Å²) in [7, 11) is 0. The first-order chi connectivity index (χ1) is 13.5. The van der Waals surface area contributed by atoms with Crippen molar-refractivity contribution in [2.24, 2.45) is 0 Å². The molecule has 2 N–H and O–H groups in total. The van der Waals surface area contributed by atoms with Gasteiger partial charge >= 0.3 is 0 Å². The predicted molar refractivity (Wildman–Crippen MR) is 107 cm³/mol. The third-order valence-electron chi connectivity index (χ3n) is 4.25. The number of hydrogen-bond donors (Lipinski definition) is 2. The number of carbonyl (C=O) groups excluding carboxylic acids is 2. The summed E-state index contributed by atoms with van der Waals surface area (Å²) in [4.78, 5) is 26.5. The number of rotatable bonds is 8. The number of benzene rings is 1. The maximum atomic E-state index is 13.4. The summed E-state index contributed by atoms with van der Waals surface area (Å²) in [5.74, 6) is 0.0257. The lowest BCUT2D eigenvalue weighted by Gasteiger charge is -2.34. The molecule has 0 radical (unpaired) electrons. The van der Waals surface area contributed by atoms with Gasteiger partial charge in [0.2, 0.25) is 11.8 Å². The summed E-state index contributed by atoms with van der Waals surface area (Å²) in [6.45, 7) is 3.95. The van der Waals surface area contributed by atoms with Crippen LogP contribution < -0.4 is 10.6 Å². The molecule has 1 fully saturated rings. The summed E-state index contributed by atoms with van der Waals surface area (Å²) in [6.07, 6.45) is 0.0731. The molecular weight excluding hydrogens is 401 g/mol. The van der Waals surface area contributed by atoms with Gasteiger partial charge in [0.15, 0.2) is 4.34 Å². The molecule has 3 rings (SSSR count). The Labute approximate surface area is 171 Å². The highest BCUT2D eigenvalue weighted by molar-refractivity contribution is 8.01. The van der Waals surface area contributed by atoms with Crippen LogP contribution >= 0.6 is 23.1 Å². The Balaban J connectivity index is 1.49. The number of amides is 2. The number of piperazine rings is 1. The Morgan fingerprint density at radius 3 is 3.07 bits per heavy atom. The van der Waals surface area contributed by atoms with Crippen LogP contribution in [-0.4, -0.2) is 58.3 Å². The molecule has 1 saturated heterocycles. The number of halogens is 1. The van der Waals surface area contributed by atoms with Gasteiger partial charge in [-0.15, -0.1) is 10.2 Å². The van der Waals surface area contributed by atoms with Crippen molar-refractivity contribution in [2.75, 3.05) is 25.4 Å². The minimum Gasteiger partial charge on any atom is -0.355 e. The highest BCUT2D eigenvalue weighted by Crippen LogP contribution is 2.21. The quantitative estimate of drug-likeness (QED) is 0.495. The van der Waals surface area contributed by atoms with Gasteiger partial charge in [-0.1, -0.05) is 35.2 Å². The normalized spacial score (nSPS) is 17.4. The zero-order valence-electron chi connectivity index (χ0n) is 15.5. The zero-order chi connectivity index (χ0) is 19.9. The van der Waals surface area contributed by atoms with Crippen LogP contribution in [0.1, 0.15) is 17.0 Å². The molecule has 28 heavy (non-hydrogen) atoms. The van der Waals surface area contributed by atoms with Gasteiger partial charge in [0.1, 0.15) is 10.8 Å². The second-order valence-electron chi connectivity index (χ2n) is 6.40. The van der Waals surface area contributed by atoms with E-state index in [1.54, 1.807) is 6.07 Å². The Morgan fingerprint density at radius 2 is 2.32 bits per heavy atom. The van der Waals surface area contributed by atoms with E-state index in [0.29, 0.717) is 31.9 Å². The molecule has 1 atom stereocenters. The number of nitrogens with one attached hydrogen (secondary N) is 2. The Bertz CT molecular complexity index is 832. The molecule has 0 unspecified atom stereocenters. The van der Waals surface area contributed by atoms with E-state index in [0.717, 1.165) is 14.9 Å². The molecule has 1 aliphatic rings. The lowest BCUT2D eigenvalue weighted by Crippen LogP contribution is -2.56. The number of aromatic nitrogens is 2. The van der Waals surface area contributed by atoms with Crippen molar-refractivity contribution in [1.29, 1.82) is 0 Å². The molecular formula is C18H22FN5O2S2. The first kappa shape index (κ1) is 20.7. The van der Waals surface area contributed by atoms with E-state index in [1.807, 2.05) is 17.9 Å². The lowest BCUT2D eigenvalue weighted by atomic mass is 10.1. The average molecular weight is 424 g/mol. The van der Waals surface area contributed by atoms with Crippen molar-refractivity contribution in [1.82, 2.24) is 25.7 Å². The summed E-state index contributed by atoms with van der Waals surface area (Å²) in [5, 5.41) is 14.5. The first-order valence-electron chi connectivity index (χ1n) is 8.97. The Hall–Kier alpha value is -2.04. The zero-order valence-corrected chi connectivity index (χ0v) is 17.1. The maximum Gasteiger partial charge on any atom is 0.237 e. The van der Waals surface area contributed by atoms with E-state index in [4.69, 9.17) is 0 Å². The monoisotopic (exact) mass is 423 g/mol. The standard InChI is InChI=1S/C18H22FN5O2S2/c1-12-22-23-18(28-12)27-8-6-20-16(25)10-15-17(26)21-5-7-24(15)11-13-3-2-4-14(19)9-13/h2-4,9,15H,5-8,10-11H2,1H3,(H,20,25)(H,21,26)/t15-/m0/s1. The fraction of sp³-hybridized carbons (Fsp3) is 0.444. The van der Waals surface area contributed by atoms with E-state index in [9.17, 15) is 14.0 Å². The molecule has 150 valence electrons. The molecule has 0 bridgehead atoms. The molecule has 1 aromatic heterocycles. The van der Waals surface area contributed by atoms with Gasteiger partial charge in [-0.05, 0) is 24.6 Å². The maximum absolute atomic E-state index is 13.4. The van der Waals surface area contributed by atoms with Gasteiger partial charge in [-0.25, -0.2) is 4.39 Å². The third-order valence-corrected chi connectivity index (χ3v) is 6.23. The van der Waals surface area contributed by atoms with Gasteiger partial charge in [-0.2, -0.15) is 0 Å². The first-order valence-corrected chi connectivity index (χ1v) is 10.8. The van der Waals surface area contributed by atoms with Crippen LogP contribution in [0, 0.1) is 12.7 Å². The second-order valence-corrected chi connectivity index (χ2v) is 8.92. The fourth-order valence-corrected chi connectivity index (χ4v) is 4.70. The molecule has 0 aliphatic carbocycles. The summed E-state index contributed by atoms with van der Waals surface area (Å²) in [5.41, 5.74) is 0.781. The van der Waals surface area contributed by atoms with Gasteiger partial charge < -0.3 is 10.6 Å². The van der Waals surface area contributed by atoms with Gasteiger partial charge in [0, 0.05) is 31.9 Å². The van der Waals surface area contributed by atoms with E-state index < -0.39 is 6.04 Å². The molecule has 10 heteroatoms. The largest absolute Gasteiger partial charge is 0.355 e. The van der Waals surface area contributed by atoms with Crippen molar-refractivity contribution in [3.05, 3.63) is 40.7 Å². The van der Waals surface area contributed by atoms with E-state index in [1.165, 1.54) is 35.2 Å². The van der Waals surface area contributed by atoms with Crippen LogP contribution in [0.15, 0.2) is 28.6 Å². The van der Waals surface area contributed by atoms with Crippen LogP contribution in [0.4, 0.5) is 4.39 Å². The molecule has 1 aliphatic heterocycles. The second kappa shape index (κ2) is 9.94. The predicted octanol–water partition coefficient (Wildman–Crippen LogP) is 1.58. The molecule has 0 spiro atoms. The Kier molecular flexibility index (Phi) is 7.35. The molecule has 2 amide bonds. The molecule has 2 heterocycles. The van der Waals surface area contributed by atoms with Crippen LogP contribution in [-0.2, 0) is 16.1 Å². The van der Waals surface area contributed by atoms with Crippen molar-refractivity contribution < 1.29 is 14.0 Å². The van der Waals surface area contributed by atoms with E-state index >= 15 is 0 Å². The van der Waals surface area contributed by atoms with Crippen molar-refractivity contribution in [2.45, 2.75) is 30.3 Å². The minimum atomic E-state index is -0.560. The molecule has 7 nitrogen and oxygen atoms in total. The number of thioether (sulfide) groups is 1. The Morgan fingerprint density at radius 1 is 1.46 bits per heavy atom. The van der Waals surface area contributed by atoms with Crippen LogP contribution in [0.3, 0.4) is 0 Å². The van der Waals surface area contributed by atoms with Crippen molar-refractivity contribution >= 4 is 34.9 Å². The molecule has 2 aromatic rings. The van der Waals surface area contributed by atoms with Gasteiger partial charge in [0.05, 0.1) is 12.5 Å². The van der Waals surface area contributed by atoms with Crippen LogP contribution in [0.25, 0.3) is 0 Å². The number of aryl methyl sites for hydroxylation is 1. The highest BCUT2D eigenvalue weighted by atomic mass is 32.2. The fourth-order valence-electron chi connectivity index (χ4n) is 2.96. The summed E-state index contributed by atoms with van der Waals surface area (Å²) >= 11 is 3.06. The van der Waals surface area contributed by atoms with Crippen molar-refractivity contribution in [3.63, 3.8) is 0 Å². The molecule has 0 saturated carbocycles.